The first kappa shape index (κ1) is 9.83. The highest BCUT2D eigenvalue weighted by molar-refractivity contribution is 6.18. The molecule has 3 nitrogen and oxygen atoms in total. The van der Waals surface area contributed by atoms with Crippen molar-refractivity contribution < 1.29 is 4.79 Å². The van der Waals surface area contributed by atoms with E-state index in [1.165, 1.54) is 0 Å². The van der Waals surface area contributed by atoms with Crippen molar-refractivity contribution in [1.82, 2.24) is 9.97 Å². The molecule has 0 saturated carbocycles. The molecule has 0 radical (unpaired) electrons. The Morgan fingerprint density at radius 1 is 1.11 bits per heavy atom. The molecular formula is C15H12N2O. The molecule has 1 aromatic carbocycles. The third-order valence-electron chi connectivity index (χ3n) is 3.72. The number of aromatic nitrogens is 2. The molecule has 4 rings (SSSR count). The highest BCUT2D eigenvalue weighted by Gasteiger charge is 2.23. The molecule has 1 aliphatic rings. The van der Waals surface area contributed by atoms with Gasteiger partial charge in [-0.15, -0.1) is 0 Å². The molecule has 0 saturated heterocycles. The van der Waals surface area contributed by atoms with E-state index in [0.717, 1.165) is 45.9 Å². The lowest BCUT2D eigenvalue weighted by molar-refractivity contribution is 0.0973. The fourth-order valence-electron chi connectivity index (χ4n) is 2.91. The average Bonchev–Trinajstić information content (AvgIpc) is 2.77. The molecular weight excluding hydrogens is 224 g/mol. The van der Waals surface area contributed by atoms with Crippen molar-refractivity contribution in [2.24, 2.45) is 0 Å². The highest BCUT2D eigenvalue weighted by Crippen LogP contribution is 2.32. The molecule has 0 unspecified atom stereocenters. The number of carbonyl (C=O) groups excluding carboxylic acids is 1. The normalized spacial score (nSPS) is 15.2. The summed E-state index contributed by atoms with van der Waals surface area (Å²) in [6.07, 6.45) is 4.34. The van der Waals surface area contributed by atoms with Crippen LogP contribution in [-0.4, -0.2) is 15.8 Å². The standard InChI is InChI=1S/C15H12N2O/c18-13-7-3-6-11-15(13)14-9-4-1-2-5-10(9)17-12(14)8-16-11/h1-2,4-5,8,17H,3,6-7H2. The van der Waals surface area contributed by atoms with Crippen molar-refractivity contribution in [1.29, 1.82) is 0 Å². The fourth-order valence-corrected chi connectivity index (χ4v) is 2.91. The predicted molar refractivity (Wildman–Crippen MR) is 70.9 cm³/mol. The summed E-state index contributed by atoms with van der Waals surface area (Å²) in [4.78, 5) is 20.0. The van der Waals surface area contributed by atoms with Gasteiger partial charge in [-0.05, 0) is 18.9 Å². The zero-order valence-electron chi connectivity index (χ0n) is 9.86. The third-order valence-corrected chi connectivity index (χ3v) is 3.72. The molecule has 0 fully saturated rings. The number of Topliss-reactive ketones (excluding diaryl/α,β-unsaturated/α-hetero) is 1. The smallest absolute Gasteiger partial charge is 0.165 e. The molecule has 0 amide bonds. The van der Waals surface area contributed by atoms with Gasteiger partial charge >= 0.3 is 0 Å². The van der Waals surface area contributed by atoms with Gasteiger partial charge in [0.25, 0.3) is 0 Å². The number of benzene rings is 1. The van der Waals surface area contributed by atoms with E-state index in [1.54, 1.807) is 0 Å². The van der Waals surface area contributed by atoms with Gasteiger partial charge < -0.3 is 4.98 Å². The van der Waals surface area contributed by atoms with E-state index in [1.807, 2.05) is 24.4 Å². The lowest BCUT2D eigenvalue weighted by Crippen LogP contribution is -2.12. The number of H-pyrrole nitrogens is 1. The van der Waals surface area contributed by atoms with Crippen molar-refractivity contribution in [2.45, 2.75) is 19.3 Å². The van der Waals surface area contributed by atoms with E-state index in [2.05, 4.69) is 16.0 Å². The van der Waals surface area contributed by atoms with Gasteiger partial charge in [0, 0.05) is 28.3 Å². The van der Waals surface area contributed by atoms with Gasteiger partial charge in [0.2, 0.25) is 0 Å². The van der Waals surface area contributed by atoms with E-state index in [0.29, 0.717) is 6.42 Å². The number of pyridine rings is 1. The zero-order chi connectivity index (χ0) is 12.1. The molecule has 3 aromatic rings. The Labute approximate surface area is 104 Å². The lowest BCUT2D eigenvalue weighted by Gasteiger charge is -2.14. The van der Waals surface area contributed by atoms with Gasteiger partial charge in [-0.25, -0.2) is 0 Å². The molecule has 0 bridgehead atoms. The average molecular weight is 236 g/mol. The Morgan fingerprint density at radius 2 is 2.00 bits per heavy atom. The van der Waals surface area contributed by atoms with Crippen LogP contribution in [0.4, 0.5) is 0 Å². The van der Waals surface area contributed by atoms with Gasteiger partial charge in [-0.2, -0.15) is 0 Å². The lowest BCUT2D eigenvalue weighted by atomic mass is 9.91. The molecule has 0 atom stereocenters. The minimum Gasteiger partial charge on any atom is -0.353 e. The Bertz CT molecular complexity index is 786. The largest absolute Gasteiger partial charge is 0.353 e. The monoisotopic (exact) mass is 236 g/mol. The summed E-state index contributed by atoms with van der Waals surface area (Å²) in [6.45, 7) is 0. The second-order valence-electron chi connectivity index (χ2n) is 4.82. The van der Waals surface area contributed by atoms with Crippen LogP contribution in [0.15, 0.2) is 30.5 Å². The number of fused-ring (bicyclic) bond motifs is 5. The van der Waals surface area contributed by atoms with Crippen LogP contribution in [-0.2, 0) is 6.42 Å². The van der Waals surface area contributed by atoms with Crippen molar-refractivity contribution >= 4 is 27.6 Å². The first-order valence-corrected chi connectivity index (χ1v) is 6.26. The SMILES string of the molecule is O=C1CCCc2ncc3[nH]c4ccccc4c3c21. The van der Waals surface area contributed by atoms with Crippen LogP contribution in [0.5, 0.6) is 0 Å². The van der Waals surface area contributed by atoms with E-state index in [-0.39, 0.29) is 5.78 Å². The van der Waals surface area contributed by atoms with Crippen LogP contribution < -0.4 is 0 Å². The van der Waals surface area contributed by atoms with Crippen LogP contribution in [0.1, 0.15) is 28.9 Å². The maximum absolute atomic E-state index is 12.2. The van der Waals surface area contributed by atoms with Crippen LogP contribution >= 0.6 is 0 Å². The third kappa shape index (κ3) is 1.19. The molecule has 0 spiro atoms. The molecule has 1 aliphatic carbocycles. The molecule has 1 N–H and O–H groups in total. The van der Waals surface area contributed by atoms with Crippen molar-refractivity contribution in [3.63, 3.8) is 0 Å². The molecule has 88 valence electrons. The van der Waals surface area contributed by atoms with Crippen LogP contribution in [0, 0.1) is 0 Å². The number of aryl methyl sites for hydroxylation is 1. The number of hydrogen-bond acceptors (Lipinski definition) is 2. The maximum Gasteiger partial charge on any atom is 0.165 e. The number of ketones is 1. The summed E-state index contributed by atoms with van der Waals surface area (Å²) in [7, 11) is 0. The zero-order valence-corrected chi connectivity index (χ0v) is 9.86. The summed E-state index contributed by atoms with van der Waals surface area (Å²) in [5.41, 5.74) is 3.84. The second-order valence-corrected chi connectivity index (χ2v) is 4.82. The second kappa shape index (κ2) is 3.42. The first-order valence-electron chi connectivity index (χ1n) is 6.26. The summed E-state index contributed by atoms with van der Waals surface area (Å²) >= 11 is 0. The maximum atomic E-state index is 12.2. The number of nitrogens with zero attached hydrogens (tertiary/aromatic N) is 1. The summed E-state index contributed by atoms with van der Waals surface area (Å²) in [5.74, 6) is 0.235. The molecule has 18 heavy (non-hydrogen) atoms. The molecule has 2 heterocycles. The summed E-state index contributed by atoms with van der Waals surface area (Å²) in [5, 5.41) is 2.18. The number of hydrogen-bond donors (Lipinski definition) is 1. The van der Waals surface area contributed by atoms with Crippen molar-refractivity contribution in [2.75, 3.05) is 0 Å². The number of para-hydroxylation sites is 1. The van der Waals surface area contributed by atoms with E-state index < -0.39 is 0 Å². The quantitative estimate of drug-likeness (QED) is 0.651. The predicted octanol–water partition coefficient (Wildman–Crippen LogP) is 3.24. The first-order chi connectivity index (χ1) is 8.84. The van der Waals surface area contributed by atoms with Gasteiger partial charge in [0.05, 0.1) is 17.4 Å². The van der Waals surface area contributed by atoms with Crippen LogP contribution in [0.25, 0.3) is 21.8 Å². The van der Waals surface area contributed by atoms with E-state index in [4.69, 9.17) is 0 Å². The number of rotatable bonds is 0. The van der Waals surface area contributed by atoms with E-state index in [9.17, 15) is 4.79 Å². The minimum absolute atomic E-state index is 0.235. The molecule has 0 aliphatic heterocycles. The molecule has 2 aromatic heterocycles. The van der Waals surface area contributed by atoms with Crippen LogP contribution in [0.2, 0.25) is 0 Å². The van der Waals surface area contributed by atoms with Gasteiger partial charge in [-0.1, -0.05) is 18.2 Å². The highest BCUT2D eigenvalue weighted by atomic mass is 16.1. The van der Waals surface area contributed by atoms with Gasteiger partial charge in [0.15, 0.2) is 5.78 Å². The Kier molecular flexibility index (Phi) is 1.87. The summed E-state index contributed by atoms with van der Waals surface area (Å²) in [6, 6.07) is 8.11. The Balaban J connectivity index is 2.24. The number of nitrogens with one attached hydrogen (secondary N) is 1. The number of aromatic amines is 1. The Hall–Kier alpha value is -2.16. The fraction of sp³-hybridized carbons (Fsp3) is 0.200. The minimum atomic E-state index is 0.235. The van der Waals surface area contributed by atoms with Crippen molar-refractivity contribution in [3.8, 4) is 0 Å². The van der Waals surface area contributed by atoms with Gasteiger partial charge in [-0.3, -0.25) is 9.78 Å². The topological polar surface area (TPSA) is 45.8 Å². The summed E-state index contributed by atoms with van der Waals surface area (Å²) < 4.78 is 0. The number of carbonyl (C=O) groups is 1. The van der Waals surface area contributed by atoms with Crippen LogP contribution in [0.3, 0.4) is 0 Å². The molecule has 3 heteroatoms. The Morgan fingerprint density at radius 3 is 2.94 bits per heavy atom. The van der Waals surface area contributed by atoms with Gasteiger partial charge in [0.1, 0.15) is 0 Å². The van der Waals surface area contributed by atoms with Crippen molar-refractivity contribution in [3.05, 3.63) is 41.7 Å². The van der Waals surface area contributed by atoms with E-state index >= 15 is 0 Å².